The summed E-state index contributed by atoms with van der Waals surface area (Å²) in [6.45, 7) is 2.18. The first-order valence-corrected chi connectivity index (χ1v) is 13.8. The summed E-state index contributed by atoms with van der Waals surface area (Å²) in [4.78, 5) is 43.9. The van der Waals surface area contributed by atoms with Gasteiger partial charge in [-0.05, 0) is 44.0 Å². The highest BCUT2D eigenvalue weighted by atomic mass is 32.3. The first-order chi connectivity index (χ1) is 17.0. The highest BCUT2D eigenvalue weighted by Crippen LogP contribution is 2.40. The fourth-order valence-electron chi connectivity index (χ4n) is 3.18. The molecule has 3 N–H and O–H groups in total. The number of aliphatic imine (C=N–C) groups is 1. The van der Waals surface area contributed by atoms with E-state index < -0.39 is 15.6 Å². The molecule has 2 aliphatic rings. The summed E-state index contributed by atoms with van der Waals surface area (Å²) in [5.74, 6) is -0.902. The van der Waals surface area contributed by atoms with Crippen LogP contribution < -0.4 is 5.32 Å². The Morgan fingerprint density at radius 1 is 1.28 bits per heavy atom. The SMILES string of the molecule is COC(=O)CCNC(=O)C1SC(=NC(=O)c2ccc(SC=N)cc2)N(C2CC2)C1C.COS(=O)(=O)O. The predicted octanol–water partition coefficient (Wildman–Crippen LogP) is 1.97. The molecule has 0 bridgehead atoms. The van der Waals surface area contributed by atoms with Gasteiger partial charge in [-0.15, -0.1) is 0 Å². The number of esters is 1. The van der Waals surface area contributed by atoms with Crippen LogP contribution in [0.25, 0.3) is 0 Å². The van der Waals surface area contributed by atoms with Gasteiger partial charge in [-0.3, -0.25) is 23.1 Å². The number of carbonyl (C=O) groups is 3. The molecule has 198 valence electrons. The van der Waals surface area contributed by atoms with Gasteiger partial charge in [-0.2, -0.15) is 13.4 Å². The minimum atomic E-state index is -4.16. The zero-order chi connectivity index (χ0) is 26.9. The second-order valence-corrected chi connectivity index (χ2v) is 10.8. The van der Waals surface area contributed by atoms with Gasteiger partial charge in [-0.1, -0.05) is 23.5 Å². The Hall–Kier alpha value is -2.46. The highest BCUT2D eigenvalue weighted by Gasteiger charge is 2.46. The van der Waals surface area contributed by atoms with Crippen LogP contribution in [0.2, 0.25) is 0 Å². The summed E-state index contributed by atoms with van der Waals surface area (Å²) >= 11 is 2.56. The molecule has 15 heteroatoms. The maximum Gasteiger partial charge on any atom is 0.397 e. The minimum absolute atomic E-state index is 0.0986. The quantitative estimate of drug-likeness (QED) is 0.132. The van der Waals surface area contributed by atoms with Crippen LogP contribution in [0.15, 0.2) is 34.2 Å². The van der Waals surface area contributed by atoms with E-state index in [1.54, 1.807) is 24.3 Å². The van der Waals surface area contributed by atoms with E-state index in [9.17, 15) is 22.8 Å². The lowest BCUT2D eigenvalue weighted by Gasteiger charge is -2.24. The number of nitrogens with one attached hydrogen (secondary N) is 2. The van der Waals surface area contributed by atoms with Crippen molar-refractivity contribution < 1.29 is 36.3 Å². The number of hydrogen-bond donors (Lipinski definition) is 3. The van der Waals surface area contributed by atoms with Crippen molar-refractivity contribution >= 4 is 62.4 Å². The molecular formula is C21H28N4O8S3. The molecule has 1 aromatic rings. The fourth-order valence-corrected chi connectivity index (χ4v) is 4.92. The molecule has 36 heavy (non-hydrogen) atoms. The van der Waals surface area contributed by atoms with Crippen LogP contribution >= 0.6 is 23.5 Å². The van der Waals surface area contributed by atoms with Gasteiger partial charge in [-0.25, -0.2) is 0 Å². The van der Waals surface area contributed by atoms with Gasteiger partial charge in [0.05, 0.1) is 26.2 Å². The number of amides is 2. The van der Waals surface area contributed by atoms with Crippen molar-refractivity contribution in [1.82, 2.24) is 10.2 Å². The van der Waals surface area contributed by atoms with Gasteiger partial charge in [0.25, 0.3) is 5.91 Å². The van der Waals surface area contributed by atoms with Crippen molar-refractivity contribution in [2.24, 2.45) is 4.99 Å². The molecular weight excluding hydrogens is 532 g/mol. The summed E-state index contributed by atoms with van der Waals surface area (Å²) in [6.07, 6.45) is 2.15. The topological polar surface area (TPSA) is 176 Å². The lowest BCUT2D eigenvalue weighted by molar-refractivity contribution is -0.140. The van der Waals surface area contributed by atoms with Crippen LogP contribution in [0.1, 0.15) is 36.5 Å². The largest absolute Gasteiger partial charge is 0.469 e. The van der Waals surface area contributed by atoms with Gasteiger partial charge < -0.3 is 20.4 Å². The van der Waals surface area contributed by atoms with Gasteiger partial charge in [0.1, 0.15) is 5.25 Å². The third kappa shape index (κ3) is 9.20. The molecule has 2 atom stereocenters. The number of amidine groups is 1. The number of benzene rings is 1. The molecule has 1 heterocycles. The second-order valence-electron chi connectivity index (χ2n) is 7.59. The van der Waals surface area contributed by atoms with Crippen LogP contribution in [0.4, 0.5) is 0 Å². The number of carbonyl (C=O) groups excluding carboxylic acids is 3. The summed E-state index contributed by atoms with van der Waals surface area (Å²) in [5, 5.41) is 10.1. The minimum Gasteiger partial charge on any atom is -0.469 e. The van der Waals surface area contributed by atoms with Crippen LogP contribution in [0.5, 0.6) is 0 Å². The number of ether oxygens (including phenoxy) is 1. The number of hydrogen-bond acceptors (Lipinski definition) is 10. The first kappa shape index (κ1) is 29.8. The van der Waals surface area contributed by atoms with Crippen molar-refractivity contribution in [1.29, 1.82) is 5.41 Å². The number of nitrogens with zero attached hydrogens (tertiary/aromatic N) is 2. The van der Waals surface area contributed by atoms with E-state index in [0.29, 0.717) is 16.8 Å². The second kappa shape index (κ2) is 13.7. The van der Waals surface area contributed by atoms with E-state index in [4.69, 9.17) is 9.96 Å². The predicted molar refractivity (Wildman–Crippen MR) is 137 cm³/mol. The zero-order valence-electron chi connectivity index (χ0n) is 19.9. The van der Waals surface area contributed by atoms with Crippen molar-refractivity contribution in [3.63, 3.8) is 0 Å². The van der Waals surface area contributed by atoms with Crippen molar-refractivity contribution in [3.8, 4) is 0 Å². The van der Waals surface area contributed by atoms with Crippen LogP contribution in [-0.4, -0.2) is 84.5 Å². The standard InChI is InChI=1S/C20H24N4O4S2.CH4O4S/c1-12-17(19(27)22-10-9-16(25)28-2)30-20(24(12)14-5-6-14)23-18(26)13-3-7-15(8-4-13)29-11-21;1-5-6(2,3)4/h3-4,7-8,11-12,14,17,21H,5-6,9-10H2,1-2H3,(H,22,27);1H3,(H,2,3,4). The molecule has 12 nitrogen and oxygen atoms in total. The molecule has 1 aliphatic heterocycles. The van der Waals surface area contributed by atoms with Crippen molar-refractivity contribution in [2.45, 2.75) is 48.4 Å². The molecule has 2 unspecified atom stereocenters. The third-order valence-corrected chi connectivity index (χ3v) is 7.55. The van der Waals surface area contributed by atoms with Crippen LogP contribution in [0.3, 0.4) is 0 Å². The Labute approximate surface area is 218 Å². The molecule has 3 rings (SSSR count). The first-order valence-electron chi connectivity index (χ1n) is 10.7. The Bertz CT molecular complexity index is 1090. The molecule has 0 aromatic heterocycles. The smallest absolute Gasteiger partial charge is 0.397 e. The zero-order valence-corrected chi connectivity index (χ0v) is 22.3. The maximum atomic E-state index is 12.7. The van der Waals surface area contributed by atoms with Crippen LogP contribution in [-0.2, 0) is 28.9 Å². The van der Waals surface area contributed by atoms with E-state index >= 15 is 0 Å². The van der Waals surface area contributed by atoms with E-state index in [0.717, 1.165) is 24.8 Å². The normalized spacial score (nSPS) is 20.3. The molecule has 0 radical (unpaired) electrons. The van der Waals surface area contributed by atoms with E-state index in [1.165, 1.54) is 36.2 Å². The van der Waals surface area contributed by atoms with E-state index in [2.05, 4.69) is 24.1 Å². The van der Waals surface area contributed by atoms with Crippen LogP contribution in [0, 0.1) is 5.41 Å². The van der Waals surface area contributed by atoms with E-state index in [1.807, 2.05) is 6.92 Å². The van der Waals surface area contributed by atoms with Gasteiger partial charge >= 0.3 is 16.4 Å². The summed E-state index contributed by atoms with van der Waals surface area (Å²) in [7, 11) is -1.98. The molecule has 1 saturated carbocycles. The Balaban J connectivity index is 0.000000678. The molecule has 1 aromatic carbocycles. The van der Waals surface area contributed by atoms with Gasteiger partial charge in [0, 0.05) is 29.1 Å². The lowest BCUT2D eigenvalue weighted by Crippen LogP contribution is -2.43. The molecule has 1 saturated heterocycles. The highest BCUT2D eigenvalue weighted by molar-refractivity contribution is 8.15. The summed E-state index contributed by atoms with van der Waals surface area (Å²) < 4.78 is 34.3. The molecule has 2 fully saturated rings. The van der Waals surface area contributed by atoms with Crippen molar-refractivity contribution in [2.75, 3.05) is 20.8 Å². The third-order valence-electron chi connectivity index (χ3n) is 5.09. The Morgan fingerprint density at radius 3 is 2.39 bits per heavy atom. The number of methoxy groups -OCH3 is 1. The summed E-state index contributed by atoms with van der Waals surface area (Å²) in [6, 6.07) is 7.16. The van der Waals surface area contributed by atoms with E-state index in [-0.39, 0.29) is 36.8 Å². The van der Waals surface area contributed by atoms with Gasteiger partial charge in [0.15, 0.2) is 5.17 Å². The number of rotatable bonds is 9. The summed E-state index contributed by atoms with van der Waals surface area (Å²) in [5.41, 5.74) is 1.70. The lowest BCUT2D eigenvalue weighted by atomic mass is 10.2. The average Bonchev–Trinajstić information content (AvgIpc) is 3.62. The fraction of sp³-hybridized carbons (Fsp3) is 0.476. The molecule has 2 amide bonds. The molecule has 0 spiro atoms. The molecule has 1 aliphatic carbocycles. The van der Waals surface area contributed by atoms with Gasteiger partial charge in [0.2, 0.25) is 5.91 Å². The monoisotopic (exact) mass is 560 g/mol. The average molecular weight is 561 g/mol. The Morgan fingerprint density at radius 2 is 1.89 bits per heavy atom. The Kier molecular flexibility index (Phi) is 11.4. The maximum absolute atomic E-state index is 12.7. The number of thioether (sulfide) groups is 2. The van der Waals surface area contributed by atoms with Crippen molar-refractivity contribution in [3.05, 3.63) is 29.8 Å².